The molecule has 0 spiro atoms. The number of aryl methyl sites for hydroxylation is 1. The highest BCUT2D eigenvalue weighted by molar-refractivity contribution is 5.92. The lowest BCUT2D eigenvalue weighted by atomic mass is 9.85. The monoisotopic (exact) mass is 652 g/mol. The van der Waals surface area contributed by atoms with E-state index in [0.29, 0.717) is 43.0 Å². The summed E-state index contributed by atoms with van der Waals surface area (Å²) in [5.74, 6) is 0.515. The molecule has 5 rings (SSSR count). The first-order valence-corrected chi connectivity index (χ1v) is 17.2. The number of nitrogens with one attached hydrogen (secondary N) is 1. The summed E-state index contributed by atoms with van der Waals surface area (Å²) in [6.07, 6.45) is 6.47. The third-order valence-corrected chi connectivity index (χ3v) is 10.4. The summed E-state index contributed by atoms with van der Waals surface area (Å²) in [7, 11) is 3.25. The summed E-state index contributed by atoms with van der Waals surface area (Å²) in [4.78, 5) is 52.9. The number of methoxy groups -OCH3 is 2. The van der Waals surface area contributed by atoms with E-state index in [2.05, 4.69) is 5.32 Å². The van der Waals surface area contributed by atoms with E-state index in [1.165, 1.54) is 6.92 Å². The maximum absolute atomic E-state index is 14.5. The van der Waals surface area contributed by atoms with Crippen LogP contribution < -0.4 is 14.8 Å². The summed E-state index contributed by atoms with van der Waals surface area (Å²) in [5.41, 5.74) is 0.746. The first-order valence-electron chi connectivity index (χ1n) is 17.2. The van der Waals surface area contributed by atoms with Crippen LogP contribution in [-0.4, -0.2) is 83.8 Å². The number of carbonyl (C=O) groups excluding carboxylic acids is 3. The number of benzene rings is 1. The topological polar surface area (TPSA) is 129 Å². The molecule has 258 valence electrons. The number of hydrogen-bond acceptors (Lipinski definition) is 9. The van der Waals surface area contributed by atoms with E-state index >= 15 is 0 Å². The number of nitrogens with zero attached hydrogens (tertiary/aromatic N) is 3. The van der Waals surface area contributed by atoms with Crippen LogP contribution in [0.25, 0.3) is 11.0 Å². The maximum Gasteiger partial charge on any atom is 0.408 e. The van der Waals surface area contributed by atoms with Gasteiger partial charge in [-0.3, -0.25) is 9.59 Å². The second-order valence-corrected chi connectivity index (χ2v) is 14.6. The molecule has 0 radical (unpaired) electrons. The smallest absolute Gasteiger partial charge is 0.408 e. The Morgan fingerprint density at radius 3 is 2.53 bits per heavy atom. The molecule has 1 N–H and O–H groups in total. The van der Waals surface area contributed by atoms with Crippen molar-refractivity contribution < 1.29 is 33.3 Å². The molecule has 1 unspecified atom stereocenters. The van der Waals surface area contributed by atoms with Gasteiger partial charge in [0.15, 0.2) is 5.78 Å². The van der Waals surface area contributed by atoms with Crippen LogP contribution in [0.15, 0.2) is 18.2 Å². The zero-order chi connectivity index (χ0) is 33.9. The molecular formula is C36H52N4O7. The van der Waals surface area contributed by atoms with Gasteiger partial charge in [0.1, 0.15) is 29.2 Å². The van der Waals surface area contributed by atoms with E-state index in [4.69, 9.17) is 28.9 Å². The molecular weight excluding hydrogens is 600 g/mol. The molecule has 3 aliphatic rings. The van der Waals surface area contributed by atoms with Gasteiger partial charge in [-0.25, -0.2) is 14.8 Å². The van der Waals surface area contributed by atoms with Gasteiger partial charge in [0.25, 0.3) is 0 Å². The molecule has 2 bridgehead atoms. The number of ether oxygens (including phenoxy) is 4. The highest BCUT2D eigenvalue weighted by atomic mass is 16.6. The van der Waals surface area contributed by atoms with Crippen LogP contribution in [0.3, 0.4) is 0 Å². The molecule has 1 saturated carbocycles. The lowest BCUT2D eigenvalue weighted by Crippen LogP contribution is -2.58. The first kappa shape index (κ1) is 34.9. The molecule has 1 aromatic heterocycles. The SMILES string of the molecule is CC[C@@H]1[C@@H]2CN(C(=O)[C@H](C(C)(C)C)NC(=O)O[C@]3(COC)CCCC3CCCCCc3nc4ccc(OC)cc4nc3O2)[C@@H]1C(C)=O. The number of ketones is 1. The Labute approximate surface area is 278 Å². The van der Waals surface area contributed by atoms with Crippen molar-refractivity contribution in [2.75, 3.05) is 27.4 Å². The number of hydrogen-bond donors (Lipinski definition) is 1. The molecule has 2 aromatic rings. The Bertz CT molecular complexity index is 1460. The molecule has 2 fully saturated rings. The Morgan fingerprint density at radius 2 is 1.85 bits per heavy atom. The van der Waals surface area contributed by atoms with Crippen molar-refractivity contribution in [3.63, 3.8) is 0 Å². The number of fused-ring (bicyclic) bond motifs is 5. The Balaban J connectivity index is 1.57. The molecule has 47 heavy (non-hydrogen) atoms. The third kappa shape index (κ3) is 7.34. The van der Waals surface area contributed by atoms with Gasteiger partial charge in [0, 0.05) is 25.0 Å². The van der Waals surface area contributed by atoms with E-state index in [0.717, 1.165) is 49.7 Å². The average Bonchev–Trinajstić information content (AvgIpc) is 3.59. The van der Waals surface area contributed by atoms with Crippen molar-refractivity contribution in [1.82, 2.24) is 20.2 Å². The molecule has 1 saturated heterocycles. The van der Waals surface area contributed by atoms with Gasteiger partial charge < -0.3 is 29.2 Å². The van der Waals surface area contributed by atoms with Gasteiger partial charge in [0.05, 0.1) is 37.3 Å². The van der Waals surface area contributed by atoms with Crippen molar-refractivity contribution in [3.05, 3.63) is 23.9 Å². The number of carbonyl (C=O) groups is 3. The number of rotatable bonds is 5. The van der Waals surface area contributed by atoms with Crippen molar-refractivity contribution in [2.24, 2.45) is 17.3 Å². The Kier molecular flexibility index (Phi) is 10.6. The summed E-state index contributed by atoms with van der Waals surface area (Å²) in [6.45, 7) is 9.71. The van der Waals surface area contributed by atoms with Crippen molar-refractivity contribution in [1.29, 1.82) is 0 Å². The number of amides is 2. The Hall–Kier alpha value is -3.47. The highest BCUT2D eigenvalue weighted by Crippen LogP contribution is 2.43. The molecule has 3 heterocycles. The highest BCUT2D eigenvalue weighted by Gasteiger charge is 2.51. The van der Waals surface area contributed by atoms with Gasteiger partial charge in [-0.15, -0.1) is 0 Å². The molecule has 6 atom stereocenters. The van der Waals surface area contributed by atoms with E-state index in [-0.39, 0.29) is 30.1 Å². The number of aromatic nitrogens is 2. The van der Waals surface area contributed by atoms with Crippen molar-refractivity contribution in [3.8, 4) is 11.6 Å². The molecule has 1 aliphatic carbocycles. The molecule has 2 aliphatic heterocycles. The second kappa shape index (κ2) is 14.3. The average molecular weight is 653 g/mol. The predicted octanol–water partition coefficient (Wildman–Crippen LogP) is 5.65. The second-order valence-electron chi connectivity index (χ2n) is 14.6. The Morgan fingerprint density at radius 1 is 1.09 bits per heavy atom. The van der Waals surface area contributed by atoms with Gasteiger partial charge in [-0.2, -0.15) is 0 Å². The van der Waals surface area contributed by atoms with Crippen LogP contribution in [-0.2, 0) is 25.5 Å². The van der Waals surface area contributed by atoms with Gasteiger partial charge in [-0.1, -0.05) is 40.5 Å². The van der Waals surface area contributed by atoms with Crippen LogP contribution in [0, 0.1) is 17.3 Å². The van der Waals surface area contributed by atoms with Crippen LogP contribution in [0.2, 0.25) is 0 Å². The summed E-state index contributed by atoms with van der Waals surface area (Å²) < 4.78 is 24.0. The zero-order valence-corrected chi connectivity index (χ0v) is 29.1. The van der Waals surface area contributed by atoms with Crippen LogP contribution in [0.1, 0.15) is 91.7 Å². The van der Waals surface area contributed by atoms with Gasteiger partial charge >= 0.3 is 6.09 Å². The third-order valence-electron chi connectivity index (χ3n) is 10.4. The quantitative estimate of drug-likeness (QED) is 0.435. The fraction of sp³-hybridized carbons (Fsp3) is 0.694. The van der Waals surface area contributed by atoms with Crippen molar-refractivity contribution >= 4 is 28.8 Å². The zero-order valence-electron chi connectivity index (χ0n) is 29.1. The molecule has 2 amide bonds. The van der Waals surface area contributed by atoms with E-state index in [1.807, 2.05) is 45.9 Å². The largest absolute Gasteiger partial charge is 0.497 e. The normalized spacial score (nSPS) is 29.2. The van der Waals surface area contributed by atoms with Gasteiger partial charge in [0.2, 0.25) is 11.8 Å². The van der Waals surface area contributed by atoms with Crippen LogP contribution in [0.4, 0.5) is 4.79 Å². The van der Waals surface area contributed by atoms with Crippen LogP contribution >= 0.6 is 0 Å². The van der Waals surface area contributed by atoms with E-state index in [1.54, 1.807) is 19.1 Å². The maximum atomic E-state index is 14.5. The molecule has 1 aromatic carbocycles. The van der Waals surface area contributed by atoms with Crippen molar-refractivity contribution in [2.45, 2.75) is 116 Å². The lowest BCUT2D eigenvalue weighted by Gasteiger charge is -2.38. The standard InChI is InChI=1S/C36H52N4O7/c1-8-25-29-20-40(30(25)22(2)41)33(42)31(35(3,4)5)39-34(43)47-36(21-44-6)18-12-14-23(36)13-10-9-11-15-27-32(46-29)38-28-19-24(45-7)16-17-26(28)37-27/h16-17,19,23,25,29-31H,8-15,18,20-21H2,1-7H3,(H,39,43)/t23?,25-,29+,30-,31-,36+/m1/s1. The molecule has 11 heteroatoms. The first-order chi connectivity index (χ1) is 22.4. The summed E-state index contributed by atoms with van der Waals surface area (Å²) in [6, 6.07) is 3.97. The van der Waals surface area contributed by atoms with E-state index in [9.17, 15) is 14.4 Å². The fourth-order valence-corrected chi connectivity index (χ4v) is 7.94. The van der Waals surface area contributed by atoms with E-state index < -0.39 is 35.3 Å². The number of alkyl carbamates (subject to hydrolysis) is 1. The summed E-state index contributed by atoms with van der Waals surface area (Å²) >= 11 is 0. The minimum atomic E-state index is -0.935. The lowest BCUT2D eigenvalue weighted by molar-refractivity contribution is -0.142. The molecule has 11 nitrogen and oxygen atoms in total. The minimum absolute atomic E-state index is 0.125. The summed E-state index contributed by atoms with van der Waals surface area (Å²) in [5, 5.41) is 2.93. The van der Waals surface area contributed by atoms with Crippen LogP contribution in [0.5, 0.6) is 11.6 Å². The van der Waals surface area contributed by atoms with Gasteiger partial charge in [-0.05, 0) is 69.4 Å². The minimum Gasteiger partial charge on any atom is -0.497 e. The predicted molar refractivity (Wildman–Crippen MR) is 177 cm³/mol. The fourth-order valence-electron chi connectivity index (χ4n) is 7.94. The number of Topliss-reactive ketones (excluding diaryl/α,β-unsaturated/α-hetero) is 1.